The molecule has 3 aromatic rings. The molecule has 4 rings (SSSR count). The number of sulfonamides is 1. The Hall–Kier alpha value is -3.50. The smallest absolute Gasteiger partial charge is 0.387 e. The molecule has 0 radical (unpaired) electrons. The van der Waals surface area contributed by atoms with Crippen molar-refractivity contribution in [2.45, 2.75) is 18.5 Å². The minimum atomic E-state index is -3.82. The van der Waals surface area contributed by atoms with Gasteiger partial charge in [0.1, 0.15) is 17.6 Å². The molecular formula is C23H19F2NO6S. The second-order valence-electron chi connectivity index (χ2n) is 7.35. The summed E-state index contributed by atoms with van der Waals surface area (Å²) < 4.78 is 65.0. The van der Waals surface area contributed by atoms with Gasteiger partial charge in [-0.1, -0.05) is 36.4 Å². The lowest BCUT2D eigenvalue weighted by atomic mass is 9.87. The average molecular weight is 475 g/mol. The molecule has 3 aromatic carbocycles. The molecule has 0 saturated carbocycles. The molecule has 1 unspecified atom stereocenters. The number of hydrogen-bond acceptors (Lipinski definition) is 6. The van der Waals surface area contributed by atoms with Crippen molar-refractivity contribution < 1.29 is 36.2 Å². The van der Waals surface area contributed by atoms with E-state index in [4.69, 9.17) is 19.3 Å². The van der Waals surface area contributed by atoms with E-state index in [9.17, 15) is 22.0 Å². The molecule has 0 saturated heterocycles. The molecule has 10 heteroatoms. The minimum absolute atomic E-state index is 0.0790. The first-order valence-electron chi connectivity index (χ1n) is 9.72. The zero-order chi connectivity index (χ0) is 23.8. The first kappa shape index (κ1) is 22.7. The van der Waals surface area contributed by atoms with Crippen LogP contribution in [-0.4, -0.2) is 28.1 Å². The number of carbonyl (C=O) groups is 1. The summed E-state index contributed by atoms with van der Waals surface area (Å²) in [5.41, 5.74) is 2.62. The number of primary sulfonamides is 1. The molecule has 1 atom stereocenters. The Balaban J connectivity index is 1.90. The average Bonchev–Trinajstić information content (AvgIpc) is 2.76. The molecule has 172 valence electrons. The topological polar surface area (TPSA) is 105 Å². The van der Waals surface area contributed by atoms with Crippen molar-refractivity contribution >= 4 is 16.0 Å². The fraction of sp³-hybridized carbons (Fsp3) is 0.174. The highest BCUT2D eigenvalue weighted by atomic mass is 32.2. The summed E-state index contributed by atoms with van der Waals surface area (Å²) in [4.78, 5) is 12.0. The lowest BCUT2D eigenvalue weighted by Crippen LogP contribution is -2.19. The van der Waals surface area contributed by atoms with Gasteiger partial charge < -0.3 is 14.2 Å². The summed E-state index contributed by atoms with van der Waals surface area (Å²) in [6, 6.07) is 15.9. The first-order chi connectivity index (χ1) is 15.7. The van der Waals surface area contributed by atoms with E-state index in [0.717, 1.165) is 0 Å². The molecule has 0 aromatic heterocycles. The fourth-order valence-electron chi connectivity index (χ4n) is 3.83. The van der Waals surface area contributed by atoms with Gasteiger partial charge in [-0.2, -0.15) is 8.78 Å². The molecular weight excluding hydrogens is 456 g/mol. The maximum absolute atomic E-state index is 13.0. The van der Waals surface area contributed by atoms with E-state index in [1.165, 1.54) is 19.2 Å². The highest BCUT2D eigenvalue weighted by Crippen LogP contribution is 2.49. The van der Waals surface area contributed by atoms with Crippen molar-refractivity contribution in [1.29, 1.82) is 0 Å². The minimum Gasteiger partial charge on any atom is -0.480 e. The molecule has 0 fully saturated rings. The van der Waals surface area contributed by atoms with Crippen LogP contribution in [0.2, 0.25) is 0 Å². The molecule has 0 bridgehead atoms. The quantitative estimate of drug-likeness (QED) is 0.540. The van der Waals surface area contributed by atoms with Gasteiger partial charge in [0, 0.05) is 5.56 Å². The summed E-state index contributed by atoms with van der Waals surface area (Å²) in [5.74, 6) is -0.737. The van der Waals surface area contributed by atoms with Gasteiger partial charge in [-0.05, 0) is 41.0 Å². The Morgan fingerprint density at radius 3 is 2.58 bits per heavy atom. The van der Waals surface area contributed by atoms with Crippen LogP contribution in [0.25, 0.3) is 11.1 Å². The van der Waals surface area contributed by atoms with E-state index in [-0.39, 0.29) is 5.75 Å². The second kappa shape index (κ2) is 8.80. The number of carbonyl (C=O) groups excluding carboxylic acids is 1. The van der Waals surface area contributed by atoms with Crippen molar-refractivity contribution in [2.24, 2.45) is 5.14 Å². The third kappa shape index (κ3) is 4.81. The van der Waals surface area contributed by atoms with Crippen LogP contribution >= 0.6 is 0 Å². The number of alkyl halides is 2. The zero-order valence-corrected chi connectivity index (χ0v) is 18.1. The highest BCUT2D eigenvalue weighted by molar-refractivity contribution is 7.88. The maximum atomic E-state index is 13.0. The molecule has 33 heavy (non-hydrogen) atoms. The lowest BCUT2D eigenvalue weighted by molar-refractivity contribution is -0.0496. The number of rotatable bonds is 6. The van der Waals surface area contributed by atoms with E-state index < -0.39 is 34.5 Å². The molecule has 0 amide bonds. The number of fused-ring (bicyclic) bond motifs is 3. The van der Waals surface area contributed by atoms with Gasteiger partial charge in [0.2, 0.25) is 10.0 Å². The van der Waals surface area contributed by atoms with E-state index >= 15 is 0 Å². The van der Waals surface area contributed by atoms with Crippen molar-refractivity contribution in [3.8, 4) is 22.6 Å². The van der Waals surface area contributed by atoms with Gasteiger partial charge in [0.05, 0.1) is 24.0 Å². The second-order valence-corrected chi connectivity index (χ2v) is 8.97. The summed E-state index contributed by atoms with van der Waals surface area (Å²) in [6.45, 7) is -3.05. The number of nitrogens with two attached hydrogens (primary N) is 1. The van der Waals surface area contributed by atoms with Gasteiger partial charge in [-0.15, -0.1) is 0 Å². The van der Waals surface area contributed by atoms with Crippen molar-refractivity contribution in [1.82, 2.24) is 0 Å². The first-order valence-corrected chi connectivity index (χ1v) is 11.4. The Labute approximate surface area is 188 Å². The van der Waals surface area contributed by atoms with Crippen molar-refractivity contribution in [3.05, 3.63) is 82.9 Å². The van der Waals surface area contributed by atoms with E-state index in [1.54, 1.807) is 48.5 Å². The monoisotopic (exact) mass is 475 g/mol. The molecule has 1 aliphatic heterocycles. The SMILES string of the molecule is COC(=O)c1cccc(C2Oc3cccc(OC(F)F)c3-c3ccc(CS(N)(=O)=O)cc32)c1. The number of halogens is 2. The highest BCUT2D eigenvalue weighted by Gasteiger charge is 2.31. The fourth-order valence-corrected chi connectivity index (χ4v) is 4.48. The number of benzene rings is 3. The molecule has 7 nitrogen and oxygen atoms in total. The summed E-state index contributed by atoms with van der Waals surface area (Å²) >= 11 is 0. The molecule has 2 N–H and O–H groups in total. The molecule has 0 aliphatic carbocycles. The van der Waals surface area contributed by atoms with Gasteiger partial charge in [-0.3, -0.25) is 0 Å². The van der Waals surface area contributed by atoms with E-state index in [0.29, 0.717) is 39.1 Å². The number of methoxy groups -OCH3 is 1. The predicted octanol–water partition coefficient (Wildman–Crippen LogP) is 4.01. The van der Waals surface area contributed by atoms with Crippen LogP contribution < -0.4 is 14.6 Å². The van der Waals surface area contributed by atoms with Gasteiger partial charge in [0.15, 0.2) is 0 Å². The Morgan fingerprint density at radius 1 is 1.12 bits per heavy atom. The van der Waals surface area contributed by atoms with E-state index in [2.05, 4.69) is 0 Å². The lowest BCUT2D eigenvalue weighted by Gasteiger charge is -2.31. The Morgan fingerprint density at radius 2 is 1.88 bits per heavy atom. The molecule has 1 aliphatic rings. The van der Waals surface area contributed by atoms with Gasteiger partial charge in [0.25, 0.3) is 0 Å². The van der Waals surface area contributed by atoms with Crippen LogP contribution in [0.5, 0.6) is 11.5 Å². The van der Waals surface area contributed by atoms with Crippen molar-refractivity contribution in [3.63, 3.8) is 0 Å². The van der Waals surface area contributed by atoms with Crippen LogP contribution in [0.1, 0.15) is 33.2 Å². The van der Waals surface area contributed by atoms with Crippen LogP contribution in [0.15, 0.2) is 60.7 Å². The number of ether oxygens (including phenoxy) is 3. The van der Waals surface area contributed by atoms with Gasteiger partial charge in [-0.25, -0.2) is 18.4 Å². The summed E-state index contributed by atoms with van der Waals surface area (Å²) in [7, 11) is -2.55. The normalized spacial score (nSPS) is 14.8. The van der Waals surface area contributed by atoms with Gasteiger partial charge >= 0.3 is 12.6 Å². The molecule has 0 spiro atoms. The third-order valence-electron chi connectivity index (χ3n) is 5.09. The summed E-state index contributed by atoms with van der Waals surface area (Å²) in [6.07, 6.45) is -0.765. The Bertz CT molecular complexity index is 1330. The van der Waals surface area contributed by atoms with Crippen LogP contribution in [0.4, 0.5) is 8.78 Å². The largest absolute Gasteiger partial charge is 0.480 e. The summed E-state index contributed by atoms with van der Waals surface area (Å²) in [5, 5.41) is 5.20. The number of hydrogen-bond donors (Lipinski definition) is 1. The molecule has 1 heterocycles. The number of esters is 1. The third-order valence-corrected chi connectivity index (χ3v) is 5.83. The predicted molar refractivity (Wildman–Crippen MR) is 116 cm³/mol. The maximum Gasteiger partial charge on any atom is 0.387 e. The van der Waals surface area contributed by atoms with Crippen LogP contribution in [0, 0.1) is 0 Å². The standard InChI is InChI=1S/C23H19F2NO6S/c1-30-22(27)15-5-2-4-14(11-15)21-17-10-13(12-33(26,28)29)8-9-16(17)20-18(31-21)6-3-7-19(20)32-23(24)25/h2-11,21,23H,12H2,1H3,(H2,26,28,29). The van der Waals surface area contributed by atoms with Crippen LogP contribution in [0.3, 0.4) is 0 Å². The van der Waals surface area contributed by atoms with E-state index in [1.807, 2.05) is 0 Å². The van der Waals surface area contributed by atoms with Crippen molar-refractivity contribution in [2.75, 3.05) is 7.11 Å². The zero-order valence-electron chi connectivity index (χ0n) is 17.3. The van der Waals surface area contributed by atoms with Crippen LogP contribution in [-0.2, 0) is 20.5 Å². The Kier molecular flexibility index (Phi) is 6.05.